The number of ether oxygens (including phenoxy) is 1. The molecular weight excluding hydrogens is 238 g/mol. The zero-order chi connectivity index (χ0) is 11.3. The Bertz CT molecular complexity index is 281. The van der Waals surface area contributed by atoms with Crippen LogP contribution in [0.1, 0.15) is 45.4 Å². The lowest BCUT2D eigenvalue weighted by atomic mass is 9.54. The van der Waals surface area contributed by atoms with Gasteiger partial charge in [0.1, 0.15) is 11.6 Å². The second-order valence-corrected chi connectivity index (χ2v) is 6.31. The Morgan fingerprint density at radius 2 is 1.59 bits per heavy atom. The van der Waals surface area contributed by atoms with Crippen LogP contribution in [-0.2, 0) is 9.53 Å². The van der Waals surface area contributed by atoms with Gasteiger partial charge in [-0.05, 0) is 63.2 Å². The van der Waals surface area contributed by atoms with Gasteiger partial charge in [-0.3, -0.25) is 4.79 Å². The van der Waals surface area contributed by atoms with E-state index in [1.807, 2.05) is 0 Å². The average Bonchev–Trinajstić information content (AvgIpc) is 2.13. The third kappa shape index (κ3) is 2.32. The smallest absolute Gasteiger partial charge is 0.323 e. The zero-order valence-electron chi connectivity index (χ0n) is 10.4. The summed E-state index contributed by atoms with van der Waals surface area (Å²) < 4.78 is 5.75. The number of nitrogens with two attached hydrogens (primary N) is 1. The monoisotopic (exact) mass is 259 g/mol. The number of rotatable bonds is 2. The van der Waals surface area contributed by atoms with E-state index in [1.165, 1.54) is 19.3 Å². The van der Waals surface area contributed by atoms with Crippen molar-refractivity contribution >= 4 is 18.4 Å². The van der Waals surface area contributed by atoms with Crippen LogP contribution in [-0.4, -0.2) is 17.6 Å². The molecule has 0 radical (unpaired) electrons. The first kappa shape index (κ1) is 13.2. The van der Waals surface area contributed by atoms with Gasteiger partial charge in [-0.2, -0.15) is 0 Å². The standard InChI is InChI=1S/C13H21NO2.ClH/c1-8(14)12(15)16-13-5-9-2-10(6-13)4-11(3-9)7-13;/h8-11H,2-7,14H2,1H3;1H/t8-,9?,10?,11?,13?;/m1./s1. The molecule has 2 N–H and O–H groups in total. The highest BCUT2D eigenvalue weighted by molar-refractivity contribution is 5.85. The van der Waals surface area contributed by atoms with Crippen molar-refractivity contribution in [3.63, 3.8) is 0 Å². The van der Waals surface area contributed by atoms with Gasteiger partial charge >= 0.3 is 5.97 Å². The molecule has 0 saturated heterocycles. The lowest BCUT2D eigenvalue weighted by molar-refractivity contribution is -0.187. The van der Waals surface area contributed by atoms with E-state index in [9.17, 15) is 4.79 Å². The molecule has 4 fully saturated rings. The average molecular weight is 260 g/mol. The molecule has 0 aromatic carbocycles. The molecule has 4 aliphatic carbocycles. The number of hydrogen-bond donors (Lipinski definition) is 1. The Labute approximate surface area is 109 Å². The summed E-state index contributed by atoms with van der Waals surface area (Å²) >= 11 is 0. The van der Waals surface area contributed by atoms with E-state index in [0.717, 1.165) is 37.0 Å². The fraction of sp³-hybridized carbons (Fsp3) is 0.923. The highest BCUT2D eigenvalue weighted by Gasteiger charge is 2.53. The minimum atomic E-state index is -0.479. The van der Waals surface area contributed by atoms with Gasteiger partial charge in [0.05, 0.1) is 0 Å². The first-order valence-corrected chi connectivity index (χ1v) is 6.55. The number of carbonyl (C=O) groups excluding carboxylic acids is 1. The highest BCUT2D eigenvalue weighted by Crippen LogP contribution is 2.57. The van der Waals surface area contributed by atoms with Crippen molar-refractivity contribution in [2.24, 2.45) is 23.5 Å². The van der Waals surface area contributed by atoms with E-state index in [0.29, 0.717) is 0 Å². The lowest BCUT2D eigenvalue weighted by Crippen LogP contribution is -2.54. The van der Waals surface area contributed by atoms with E-state index >= 15 is 0 Å². The van der Waals surface area contributed by atoms with E-state index in [1.54, 1.807) is 6.92 Å². The van der Waals surface area contributed by atoms with Crippen LogP contribution >= 0.6 is 12.4 Å². The molecule has 4 aliphatic rings. The number of hydrogen-bond acceptors (Lipinski definition) is 3. The van der Waals surface area contributed by atoms with Crippen LogP contribution in [0.4, 0.5) is 0 Å². The second-order valence-electron chi connectivity index (χ2n) is 6.31. The van der Waals surface area contributed by atoms with E-state index in [4.69, 9.17) is 10.5 Å². The van der Waals surface area contributed by atoms with E-state index < -0.39 is 6.04 Å². The molecule has 0 unspecified atom stereocenters. The molecule has 98 valence electrons. The topological polar surface area (TPSA) is 52.3 Å². The molecule has 17 heavy (non-hydrogen) atoms. The quantitative estimate of drug-likeness (QED) is 0.774. The maximum absolute atomic E-state index is 11.7. The summed E-state index contributed by atoms with van der Waals surface area (Å²) in [6, 6.07) is -0.479. The first-order chi connectivity index (χ1) is 7.56. The van der Waals surface area contributed by atoms with Gasteiger partial charge in [-0.15, -0.1) is 12.4 Å². The Morgan fingerprint density at radius 1 is 1.18 bits per heavy atom. The first-order valence-electron chi connectivity index (χ1n) is 6.55. The van der Waals surface area contributed by atoms with Crippen LogP contribution in [0.5, 0.6) is 0 Å². The summed E-state index contributed by atoms with van der Waals surface area (Å²) in [7, 11) is 0. The van der Waals surface area contributed by atoms with Crippen LogP contribution in [0.3, 0.4) is 0 Å². The third-order valence-electron chi connectivity index (χ3n) is 4.67. The molecule has 4 rings (SSSR count). The summed E-state index contributed by atoms with van der Waals surface area (Å²) in [4.78, 5) is 11.7. The number of esters is 1. The van der Waals surface area contributed by atoms with Crippen molar-refractivity contribution in [2.45, 2.75) is 57.1 Å². The second kappa shape index (κ2) is 4.43. The van der Waals surface area contributed by atoms with Gasteiger partial charge in [-0.25, -0.2) is 0 Å². The summed E-state index contributed by atoms with van der Waals surface area (Å²) in [5.41, 5.74) is 5.47. The Morgan fingerprint density at radius 3 is 1.94 bits per heavy atom. The summed E-state index contributed by atoms with van der Waals surface area (Å²) in [6.45, 7) is 1.71. The molecule has 3 nitrogen and oxygen atoms in total. The molecule has 4 saturated carbocycles. The van der Waals surface area contributed by atoms with E-state index in [-0.39, 0.29) is 24.0 Å². The number of carbonyl (C=O) groups is 1. The van der Waals surface area contributed by atoms with Gasteiger partial charge in [0.15, 0.2) is 0 Å². The SMILES string of the molecule is C[C@@H](N)C(=O)OC12CC3CC(CC(C3)C1)C2.Cl. The third-order valence-corrected chi connectivity index (χ3v) is 4.67. The summed E-state index contributed by atoms with van der Waals surface area (Å²) in [5.74, 6) is 2.23. The molecule has 4 heteroatoms. The van der Waals surface area contributed by atoms with Crippen molar-refractivity contribution in [2.75, 3.05) is 0 Å². The fourth-order valence-corrected chi connectivity index (χ4v) is 4.46. The Hall–Kier alpha value is -0.280. The largest absolute Gasteiger partial charge is 0.458 e. The van der Waals surface area contributed by atoms with Crippen molar-refractivity contribution in [3.8, 4) is 0 Å². The highest BCUT2D eigenvalue weighted by atomic mass is 35.5. The Balaban J connectivity index is 0.00000108. The Kier molecular flexibility index (Phi) is 3.43. The predicted octanol–water partition coefficient (Wildman–Crippen LogP) is 2.27. The molecule has 0 aromatic rings. The van der Waals surface area contributed by atoms with Crippen LogP contribution in [0, 0.1) is 17.8 Å². The minimum Gasteiger partial charge on any atom is -0.458 e. The molecule has 4 bridgehead atoms. The molecule has 0 amide bonds. The van der Waals surface area contributed by atoms with E-state index in [2.05, 4.69) is 0 Å². The van der Waals surface area contributed by atoms with Crippen molar-refractivity contribution in [1.29, 1.82) is 0 Å². The minimum absolute atomic E-state index is 0. The summed E-state index contributed by atoms with van der Waals surface area (Å²) in [5, 5.41) is 0. The summed E-state index contributed by atoms with van der Waals surface area (Å²) in [6.07, 6.45) is 7.39. The lowest BCUT2D eigenvalue weighted by Gasteiger charge is -2.55. The predicted molar refractivity (Wildman–Crippen MR) is 67.9 cm³/mol. The van der Waals surface area contributed by atoms with Crippen molar-refractivity contribution in [3.05, 3.63) is 0 Å². The van der Waals surface area contributed by atoms with Gasteiger partial charge in [-0.1, -0.05) is 0 Å². The van der Waals surface area contributed by atoms with Crippen LogP contribution in [0.15, 0.2) is 0 Å². The molecule has 0 spiro atoms. The molecule has 0 aromatic heterocycles. The molecular formula is C13H22ClNO2. The molecule has 0 aliphatic heterocycles. The number of halogens is 1. The maximum Gasteiger partial charge on any atom is 0.323 e. The van der Waals surface area contributed by atoms with Crippen molar-refractivity contribution in [1.82, 2.24) is 0 Å². The fourth-order valence-electron chi connectivity index (χ4n) is 4.46. The molecule has 0 heterocycles. The van der Waals surface area contributed by atoms with Gasteiger partial charge < -0.3 is 10.5 Å². The van der Waals surface area contributed by atoms with Gasteiger partial charge in [0.2, 0.25) is 0 Å². The maximum atomic E-state index is 11.7. The normalized spacial score (nSPS) is 44.0. The van der Waals surface area contributed by atoms with Crippen LogP contribution in [0.2, 0.25) is 0 Å². The van der Waals surface area contributed by atoms with Crippen molar-refractivity contribution < 1.29 is 9.53 Å². The van der Waals surface area contributed by atoms with Gasteiger partial charge in [0.25, 0.3) is 0 Å². The van der Waals surface area contributed by atoms with Crippen LogP contribution < -0.4 is 5.73 Å². The van der Waals surface area contributed by atoms with Crippen LogP contribution in [0.25, 0.3) is 0 Å². The zero-order valence-corrected chi connectivity index (χ0v) is 11.2. The van der Waals surface area contributed by atoms with Gasteiger partial charge in [0, 0.05) is 0 Å². The molecule has 1 atom stereocenters.